The van der Waals surface area contributed by atoms with Gasteiger partial charge < -0.3 is 9.47 Å². The topological polar surface area (TPSA) is 18.5 Å². The highest BCUT2D eigenvalue weighted by atomic mass is 16.5. The molecule has 0 aliphatic carbocycles. The fourth-order valence-electron chi connectivity index (χ4n) is 1.01. The minimum atomic E-state index is 0.338. The molecule has 0 aromatic carbocycles. The Labute approximate surface area is 61.5 Å². The van der Waals surface area contributed by atoms with Crippen molar-refractivity contribution < 1.29 is 9.47 Å². The van der Waals surface area contributed by atoms with E-state index in [0.717, 1.165) is 26.1 Å². The lowest BCUT2D eigenvalue weighted by Gasteiger charge is -2.20. The summed E-state index contributed by atoms with van der Waals surface area (Å²) in [5.74, 6) is 2.45. The van der Waals surface area contributed by atoms with Gasteiger partial charge in [0.15, 0.2) is 0 Å². The zero-order chi connectivity index (χ0) is 7.23. The number of rotatable bonds is 2. The average molecular weight is 140 g/mol. The molecule has 0 spiro atoms. The third-order valence-electron chi connectivity index (χ3n) is 1.57. The Morgan fingerprint density at radius 1 is 1.50 bits per heavy atom. The summed E-state index contributed by atoms with van der Waals surface area (Å²) in [5, 5.41) is 0. The Bertz CT molecular complexity index is 120. The van der Waals surface area contributed by atoms with E-state index < -0.39 is 0 Å². The first-order chi connectivity index (χ1) is 4.93. The summed E-state index contributed by atoms with van der Waals surface area (Å²) in [5.41, 5.74) is 0. The van der Waals surface area contributed by atoms with E-state index in [1.807, 2.05) is 0 Å². The van der Waals surface area contributed by atoms with Crippen LogP contribution >= 0.6 is 0 Å². The molecule has 2 heteroatoms. The molecular formula is C8H12O2. The number of ether oxygens (including phenoxy) is 2. The lowest BCUT2D eigenvalue weighted by Crippen LogP contribution is -2.23. The summed E-state index contributed by atoms with van der Waals surface area (Å²) < 4.78 is 10.5. The molecule has 1 fully saturated rings. The van der Waals surface area contributed by atoms with Gasteiger partial charge >= 0.3 is 0 Å². The number of hydrogen-bond acceptors (Lipinski definition) is 2. The molecule has 0 radical (unpaired) electrons. The third-order valence-corrected chi connectivity index (χ3v) is 1.57. The summed E-state index contributed by atoms with van der Waals surface area (Å²) in [7, 11) is 0. The quantitative estimate of drug-likeness (QED) is 0.528. The Hall–Kier alpha value is -0.520. The maximum atomic E-state index is 5.32. The Morgan fingerprint density at radius 2 is 2.20 bits per heavy atom. The number of terminal acetylenes is 1. The van der Waals surface area contributed by atoms with E-state index in [0.29, 0.717) is 12.7 Å². The second-order valence-electron chi connectivity index (χ2n) is 2.33. The summed E-state index contributed by atoms with van der Waals surface area (Å²) in [4.78, 5) is 0. The highest BCUT2D eigenvalue weighted by molar-refractivity contribution is 4.83. The van der Waals surface area contributed by atoms with Crippen LogP contribution in [0.25, 0.3) is 0 Å². The van der Waals surface area contributed by atoms with Crippen molar-refractivity contribution in [3.05, 3.63) is 0 Å². The molecule has 0 atom stereocenters. The van der Waals surface area contributed by atoms with E-state index >= 15 is 0 Å². The standard InChI is InChI=1S/C8H12O2/c1-2-5-10-8-3-6-9-7-4-8/h1,8H,3-7H2. The first-order valence-electron chi connectivity index (χ1n) is 3.56. The smallest absolute Gasteiger partial charge is 0.107 e. The zero-order valence-electron chi connectivity index (χ0n) is 6.01. The Balaban J connectivity index is 2.09. The predicted molar refractivity (Wildman–Crippen MR) is 38.6 cm³/mol. The Morgan fingerprint density at radius 3 is 2.80 bits per heavy atom. The fourth-order valence-corrected chi connectivity index (χ4v) is 1.01. The van der Waals surface area contributed by atoms with Crippen LogP contribution in [0, 0.1) is 12.3 Å². The van der Waals surface area contributed by atoms with E-state index in [1.165, 1.54) is 0 Å². The van der Waals surface area contributed by atoms with Crippen LogP contribution in [0.1, 0.15) is 12.8 Å². The van der Waals surface area contributed by atoms with E-state index in [2.05, 4.69) is 5.92 Å². The van der Waals surface area contributed by atoms with Crippen molar-refractivity contribution in [3.8, 4) is 12.3 Å². The van der Waals surface area contributed by atoms with Gasteiger partial charge in [-0.2, -0.15) is 0 Å². The van der Waals surface area contributed by atoms with Crippen LogP contribution in [0.2, 0.25) is 0 Å². The lowest BCUT2D eigenvalue weighted by atomic mass is 10.2. The van der Waals surface area contributed by atoms with E-state index in [1.54, 1.807) is 0 Å². The third kappa shape index (κ3) is 2.38. The molecule has 1 rings (SSSR count). The van der Waals surface area contributed by atoms with Gasteiger partial charge in [-0.25, -0.2) is 0 Å². The van der Waals surface area contributed by atoms with E-state index in [-0.39, 0.29) is 0 Å². The molecule has 1 aliphatic rings. The zero-order valence-corrected chi connectivity index (χ0v) is 6.01. The van der Waals surface area contributed by atoms with Crippen LogP contribution in [0.5, 0.6) is 0 Å². The molecule has 0 N–H and O–H groups in total. The molecule has 0 saturated carbocycles. The molecule has 10 heavy (non-hydrogen) atoms. The monoisotopic (exact) mass is 140 g/mol. The molecule has 56 valence electrons. The second kappa shape index (κ2) is 4.32. The maximum Gasteiger partial charge on any atom is 0.107 e. The van der Waals surface area contributed by atoms with Crippen molar-refractivity contribution in [2.45, 2.75) is 18.9 Å². The van der Waals surface area contributed by atoms with Crippen molar-refractivity contribution >= 4 is 0 Å². The van der Waals surface area contributed by atoms with Crippen LogP contribution in [-0.4, -0.2) is 25.9 Å². The van der Waals surface area contributed by atoms with Crippen molar-refractivity contribution in [2.75, 3.05) is 19.8 Å². The van der Waals surface area contributed by atoms with Crippen molar-refractivity contribution in [1.29, 1.82) is 0 Å². The molecule has 2 nitrogen and oxygen atoms in total. The predicted octanol–water partition coefficient (Wildman–Crippen LogP) is 0.815. The van der Waals surface area contributed by atoms with Gasteiger partial charge in [0, 0.05) is 13.2 Å². The summed E-state index contributed by atoms with van der Waals surface area (Å²) in [6.07, 6.45) is 7.35. The molecule has 0 amide bonds. The van der Waals surface area contributed by atoms with Gasteiger partial charge in [-0.15, -0.1) is 6.42 Å². The Kier molecular flexibility index (Phi) is 3.28. The molecule has 0 bridgehead atoms. The minimum absolute atomic E-state index is 0.338. The van der Waals surface area contributed by atoms with Gasteiger partial charge in [-0.3, -0.25) is 0 Å². The van der Waals surface area contributed by atoms with Crippen LogP contribution < -0.4 is 0 Å². The normalized spacial score (nSPS) is 20.3. The van der Waals surface area contributed by atoms with E-state index in [4.69, 9.17) is 15.9 Å². The molecule has 1 saturated heterocycles. The summed E-state index contributed by atoms with van der Waals surface area (Å²) >= 11 is 0. The van der Waals surface area contributed by atoms with Gasteiger partial charge in [-0.1, -0.05) is 5.92 Å². The largest absolute Gasteiger partial charge is 0.381 e. The summed E-state index contributed by atoms with van der Waals surface area (Å²) in [6, 6.07) is 0. The van der Waals surface area contributed by atoms with Gasteiger partial charge in [0.1, 0.15) is 6.61 Å². The van der Waals surface area contributed by atoms with Crippen LogP contribution in [0.15, 0.2) is 0 Å². The van der Waals surface area contributed by atoms with Crippen molar-refractivity contribution in [2.24, 2.45) is 0 Å². The van der Waals surface area contributed by atoms with Crippen molar-refractivity contribution in [1.82, 2.24) is 0 Å². The molecule has 0 aromatic rings. The van der Waals surface area contributed by atoms with Crippen molar-refractivity contribution in [3.63, 3.8) is 0 Å². The molecule has 1 heterocycles. The van der Waals surface area contributed by atoms with Gasteiger partial charge in [0.05, 0.1) is 6.10 Å². The molecular weight excluding hydrogens is 128 g/mol. The SMILES string of the molecule is C#CCOC1CCOCC1. The van der Waals surface area contributed by atoms with Gasteiger partial charge in [0.2, 0.25) is 0 Å². The van der Waals surface area contributed by atoms with Crippen LogP contribution in [0.3, 0.4) is 0 Å². The summed E-state index contributed by atoms with van der Waals surface area (Å²) in [6.45, 7) is 2.06. The number of hydrogen-bond donors (Lipinski definition) is 0. The second-order valence-corrected chi connectivity index (χ2v) is 2.33. The molecule has 0 unspecified atom stereocenters. The highest BCUT2D eigenvalue weighted by Crippen LogP contribution is 2.09. The maximum absolute atomic E-state index is 5.32. The van der Waals surface area contributed by atoms with Crippen LogP contribution in [0.4, 0.5) is 0 Å². The molecule has 0 aromatic heterocycles. The van der Waals surface area contributed by atoms with Gasteiger partial charge in [0.25, 0.3) is 0 Å². The molecule has 1 aliphatic heterocycles. The van der Waals surface area contributed by atoms with E-state index in [9.17, 15) is 0 Å². The highest BCUT2D eigenvalue weighted by Gasteiger charge is 2.12. The fraction of sp³-hybridized carbons (Fsp3) is 0.750. The van der Waals surface area contributed by atoms with Gasteiger partial charge in [-0.05, 0) is 12.8 Å². The van der Waals surface area contributed by atoms with Crippen LogP contribution in [-0.2, 0) is 9.47 Å². The first kappa shape index (κ1) is 7.59. The lowest BCUT2D eigenvalue weighted by molar-refractivity contribution is -0.0205. The minimum Gasteiger partial charge on any atom is -0.381 e. The average Bonchev–Trinajstić information content (AvgIpc) is 2.03. The first-order valence-corrected chi connectivity index (χ1v) is 3.56.